The van der Waals surface area contributed by atoms with Crippen LogP contribution in [0.1, 0.15) is 29.6 Å². The SMILES string of the molecule is O=C(CCCN1C[C@@H]2COCC[C@]2(CO)C1)c1ccc(F)cc1. The zero-order chi connectivity index (χ0) is 16.3. The van der Waals surface area contributed by atoms with Crippen LogP contribution < -0.4 is 0 Å². The number of fused-ring (bicyclic) bond motifs is 1. The highest BCUT2D eigenvalue weighted by atomic mass is 19.1. The molecule has 2 heterocycles. The summed E-state index contributed by atoms with van der Waals surface area (Å²) in [5, 5.41) is 9.79. The van der Waals surface area contributed by atoms with Gasteiger partial charge in [0, 0.05) is 43.0 Å². The second-order valence-electron chi connectivity index (χ2n) is 6.81. The van der Waals surface area contributed by atoms with Crippen molar-refractivity contribution >= 4 is 5.78 Å². The van der Waals surface area contributed by atoms with Crippen molar-refractivity contribution < 1.29 is 19.0 Å². The first-order valence-electron chi connectivity index (χ1n) is 8.33. The lowest BCUT2D eigenvalue weighted by Gasteiger charge is -2.36. The number of aliphatic hydroxyl groups excluding tert-OH is 1. The molecule has 0 aromatic heterocycles. The number of Topliss-reactive ketones (excluding diaryl/α,β-unsaturated/α-hetero) is 1. The minimum atomic E-state index is -0.322. The predicted octanol–water partition coefficient (Wildman–Crippen LogP) is 2.12. The molecule has 0 spiro atoms. The lowest BCUT2D eigenvalue weighted by atomic mass is 9.75. The summed E-state index contributed by atoms with van der Waals surface area (Å²) >= 11 is 0. The van der Waals surface area contributed by atoms with E-state index in [4.69, 9.17) is 4.74 Å². The van der Waals surface area contributed by atoms with Crippen LogP contribution in [0.2, 0.25) is 0 Å². The van der Waals surface area contributed by atoms with Gasteiger partial charge in [0.15, 0.2) is 5.78 Å². The Kier molecular flexibility index (Phi) is 5.09. The van der Waals surface area contributed by atoms with Crippen molar-refractivity contribution in [2.45, 2.75) is 19.3 Å². The molecule has 0 aliphatic carbocycles. The fourth-order valence-corrected chi connectivity index (χ4v) is 3.83. The first-order valence-corrected chi connectivity index (χ1v) is 8.33. The van der Waals surface area contributed by atoms with Gasteiger partial charge < -0.3 is 14.7 Å². The Balaban J connectivity index is 1.48. The topological polar surface area (TPSA) is 49.8 Å². The van der Waals surface area contributed by atoms with Crippen LogP contribution in [0, 0.1) is 17.2 Å². The fraction of sp³-hybridized carbons (Fsp3) is 0.611. The molecule has 2 fully saturated rings. The Bertz CT molecular complexity index is 548. The van der Waals surface area contributed by atoms with Gasteiger partial charge in [-0.25, -0.2) is 4.39 Å². The molecule has 3 rings (SSSR count). The Morgan fingerprint density at radius 3 is 2.87 bits per heavy atom. The molecule has 0 radical (unpaired) electrons. The van der Waals surface area contributed by atoms with Gasteiger partial charge in [0.2, 0.25) is 0 Å². The third-order valence-electron chi connectivity index (χ3n) is 5.31. The van der Waals surface area contributed by atoms with Crippen molar-refractivity contribution in [2.24, 2.45) is 11.3 Å². The standard InChI is InChI=1S/C18H24FNO3/c19-16-5-3-14(4-6-16)17(22)2-1-8-20-10-15-11-23-9-7-18(15,12-20)13-21/h3-6,15,21H,1-2,7-13H2/t15-,18-/m1/s1. The van der Waals surface area contributed by atoms with Crippen molar-refractivity contribution in [3.8, 4) is 0 Å². The van der Waals surface area contributed by atoms with Crippen molar-refractivity contribution in [2.75, 3.05) is 39.5 Å². The summed E-state index contributed by atoms with van der Waals surface area (Å²) in [7, 11) is 0. The largest absolute Gasteiger partial charge is 0.396 e. The van der Waals surface area contributed by atoms with Crippen LogP contribution in [0.25, 0.3) is 0 Å². The van der Waals surface area contributed by atoms with E-state index in [9.17, 15) is 14.3 Å². The maximum Gasteiger partial charge on any atom is 0.162 e. The monoisotopic (exact) mass is 321 g/mol. The number of carbonyl (C=O) groups excluding carboxylic acids is 1. The van der Waals surface area contributed by atoms with E-state index in [2.05, 4.69) is 4.90 Å². The van der Waals surface area contributed by atoms with Gasteiger partial charge in [-0.1, -0.05) is 0 Å². The van der Waals surface area contributed by atoms with Gasteiger partial charge >= 0.3 is 0 Å². The van der Waals surface area contributed by atoms with Crippen LogP contribution in [-0.4, -0.2) is 55.2 Å². The van der Waals surface area contributed by atoms with Crippen LogP contribution in [0.5, 0.6) is 0 Å². The van der Waals surface area contributed by atoms with Crippen LogP contribution >= 0.6 is 0 Å². The van der Waals surface area contributed by atoms with E-state index in [-0.39, 0.29) is 23.6 Å². The third-order valence-corrected chi connectivity index (χ3v) is 5.31. The molecule has 2 aliphatic heterocycles. The highest BCUT2D eigenvalue weighted by molar-refractivity contribution is 5.95. The summed E-state index contributed by atoms with van der Waals surface area (Å²) in [5.41, 5.74) is 0.556. The van der Waals surface area contributed by atoms with Gasteiger partial charge in [-0.3, -0.25) is 4.79 Å². The van der Waals surface area contributed by atoms with E-state index in [1.54, 1.807) is 12.1 Å². The molecule has 23 heavy (non-hydrogen) atoms. The summed E-state index contributed by atoms with van der Waals surface area (Å²) in [6.07, 6.45) is 2.17. The van der Waals surface area contributed by atoms with E-state index in [0.29, 0.717) is 17.9 Å². The molecule has 2 aliphatic rings. The Morgan fingerprint density at radius 1 is 1.39 bits per heavy atom. The highest BCUT2D eigenvalue weighted by Crippen LogP contribution is 2.41. The van der Waals surface area contributed by atoms with E-state index in [1.807, 2.05) is 0 Å². The quantitative estimate of drug-likeness (QED) is 0.816. The minimum absolute atomic E-state index is 0.0147. The van der Waals surface area contributed by atoms with Gasteiger partial charge in [-0.2, -0.15) is 0 Å². The maximum absolute atomic E-state index is 12.9. The summed E-state index contributed by atoms with van der Waals surface area (Å²) in [5.74, 6) is 0.133. The van der Waals surface area contributed by atoms with Crippen LogP contribution in [0.3, 0.4) is 0 Å². The molecule has 5 heteroatoms. The predicted molar refractivity (Wildman–Crippen MR) is 84.8 cm³/mol. The number of carbonyl (C=O) groups is 1. The summed E-state index contributed by atoms with van der Waals surface area (Å²) in [4.78, 5) is 14.4. The number of ether oxygens (including phenoxy) is 1. The minimum Gasteiger partial charge on any atom is -0.396 e. The van der Waals surface area contributed by atoms with Gasteiger partial charge in [-0.15, -0.1) is 0 Å². The molecule has 126 valence electrons. The van der Waals surface area contributed by atoms with E-state index in [1.165, 1.54) is 12.1 Å². The molecular weight excluding hydrogens is 297 g/mol. The Hall–Kier alpha value is -1.30. The summed E-state index contributed by atoms with van der Waals surface area (Å²) < 4.78 is 18.4. The second kappa shape index (κ2) is 7.07. The molecule has 4 nitrogen and oxygen atoms in total. The lowest BCUT2D eigenvalue weighted by Crippen LogP contribution is -2.41. The number of hydrogen-bond acceptors (Lipinski definition) is 4. The first kappa shape index (κ1) is 16.6. The number of benzene rings is 1. The van der Waals surface area contributed by atoms with E-state index >= 15 is 0 Å². The fourth-order valence-electron chi connectivity index (χ4n) is 3.83. The Morgan fingerprint density at radius 2 is 2.17 bits per heavy atom. The molecular formula is C18H24FNO3. The van der Waals surface area contributed by atoms with Crippen molar-refractivity contribution in [3.05, 3.63) is 35.6 Å². The van der Waals surface area contributed by atoms with Crippen LogP contribution in [-0.2, 0) is 4.74 Å². The molecule has 0 bridgehead atoms. The lowest BCUT2D eigenvalue weighted by molar-refractivity contribution is -0.0416. The average Bonchev–Trinajstić information content (AvgIpc) is 2.94. The number of likely N-dealkylation sites (tertiary alicyclic amines) is 1. The zero-order valence-corrected chi connectivity index (χ0v) is 13.3. The van der Waals surface area contributed by atoms with Gasteiger partial charge in [0.1, 0.15) is 5.82 Å². The first-order chi connectivity index (χ1) is 11.1. The molecule has 1 N–H and O–H groups in total. The number of hydrogen-bond donors (Lipinski definition) is 1. The third kappa shape index (κ3) is 3.62. The molecule has 1 aromatic rings. The van der Waals surface area contributed by atoms with Gasteiger partial charge in [0.05, 0.1) is 13.2 Å². The zero-order valence-electron chi connectivity index (χ0n) is 13.3. The van der Waals surface area contributed by atoms with Gasteiger partial charge in [0.25, 0.3) is 0 Å². The van der Waals surface area contributed by atoms with Crippen molar-refractivity contribution in [3.63, 3.8) is 0 Å². The van der Waals surface area contributed by atoms with Crippen LogP contribution in [0.15, 0.2) is 24.3 Å². The molecule has 1 aromatic carbocycles. The Labute approximate surface area is 136 Å². The van der Waals surface area contributed by atoms with Crippen molar-refractivity contribution in [1.82, 2.24) is 4.90 Å². The molecule has 0 saturated carbocycles. The summed E-state index contributed by atoms with van der Waals surface area (Å²) in [6, 6.07) is 5.73. The second-order valence-corrected chi connectivity index (χ2v) is 6.81. The summed E-state index contributed by atoms with van der Waals surface area (Å²) in [6.45, 7) is 4.35. The van der Waals surface area contributed by atoms with E-state index in [0.717, 1.165) is 45.7 Å². The molecule has 0 unspecified atom stereocenters. The molecule has 2 atom stereocenters. The smallest absolute Gasteiger partial charge is 0.162 e. The van der Waals surface area contributed by atoms with E-state index < -0.39 is 0 Å². The number of aliphatic hydroxyl groups is 1. The van der Waals surface area contributed by atoms with Gasteiger partial charge in [-0.05, 0) is 43.7 Å². The number of ketones is 1. The number of nitrogens with zero attached hydrogens (tertiary/aromatic N) is 1. The number of rotatable bonds is 6. The molecule has 2 saturated heterocycles. The maximum atomic E-state index is 12.9. The number of halogens is 1. The normalized spacial score (nSPS) is 27.8. The van der Waals surface area contributed by atoms with Crippen LogP contribution in [0.4, 0.5) is 4.39 Å². The van der Waals surface area contributed by atoms with Crippen molar-refractivity contribution in [1.29, 1.82) is 0 Å². The average molecular weight is 321 g/mol. The highest BCUT2D eigenvalue weighted by Gasteiger charge is 2.47. The molecule has 0 amide bonds.